The van der Waals surface area contributed by atoms with Gasteiger partial charge in [0.25, 0.3) is 0 Å². The van der Waals surface area contributed by atoms with Crippen molar-refractivity contribution in [3.63, 3.8) is 0 Å². The van der Waals surface area contributed by atoms with E-state index in [2.05, 4.69) is 40.4 Å². The van der Waals surface area contributed by atoms with Gasteiger partial charge in [-0.15, -0.1) is 0 Å². The molecule has 1 fully saturated rings. The van der Waals surface area contributed by atoms with Gasteiger partial charge in [-0.2, -0.15) is 0 Å². The zero-order valence-corrected chi connectivity index (χ0v) is 14.0. The number of carboxylic acids is 1. The van der Waals surface area contributed by atoms with Gasteiger partial charge in [0.05, 0.1) is 0 Å². The average molecular weight is 284 g/mol. The molecule has 19 heavy (non-hydrogen) atoms. The monoisotopic (exact) mass is 284 g/mol. The summed E-state index contributed by atoms with van der Waals surface area (Å²) in [6.07, 6.45) is 3.32. The van der Waals surface area contributed by atoms with E-state index in [0.29, 0.717) is 0 Å². The Morgan fingerprint density at radius 3 is 2.42 bits per heavy atom. The van der Waals surface area contributed by atoms with Gasteiger partial charge >= 0.3 is 5.97 Å². The van der Waals surface area contributed by atoms with Crippen LogP contribution in [0.1, 0.15) is 46.5 Å². The number of hydrogen-bond acceptors (Lipinski definition) is 2. The van der Waals surface area contributed by atoms with E-state index >= 15 is 0 Å². The smallest absolute Gasteiger partial charge is 0.332 e. The largest absolute Gasteiger partial charge is 0.479 e. The Kier molecular flexibility index (Phi) is 5.01. The van der Waals surface area contributed by atoms with E-state index in [1.807, 2.05) is 0 Å². The fourth-order valence-corrected chi connectivity index (χ4v) is 3.52. The molecule has 3 nitrogen and oxygen atoms in total. The molecule has 1 aliphatic carbocycles. The molecule has 1 saturated carbocycles. The van der Waals surface area contributed by atoms with Gasteiger partial charge in [-0.1, -0.05) is 39.3 Å². The second-order valence-corrected chi connectivity index (χ2v) is 11.9. The van der Waals surface area contributed by atoms with E-state index < -0.39 is 20.4 Å². The standard InChI is InChI=1S/C15H28O3Si/c1-11-9-7-8-10-12(11)13(14(16)17)18-19(5,6)15(2,3)4/h12-13H,1,7-10H2,2-6H3,(H,16,17). The van der Waals surface area contributed by atoms with Gasteiger partial charge in [-0.3, -0.25) is 0 Å². The Bertz CT molecular complexity index is 355. The molecule has 1 rings (SSSR count). The highest BCUT2D eigenvalue weighted by Gasteiger charge is 2.43. The zero-order valence-electron chi connectivity index (χ0n) is 13.0. The summed E-state index contributed by atoms with van der Waals surface area (Å²) < 4.78 is 6.15. The molecule has 0 aliphatic heterocycles. The molecule has 0 spiro atoms. The number of carbonyl (C=O) groups is 1. The summed E-state index contributed by atoms with van der Waals surface area (Å²) in [7, 11) is -2.07. The van der Waals surface area contributed by atoms with Crippen molar-refractivity contribution in [2.75, 3.05) is 0 Å². The van der Waals surface area contributed by atoms with Crippen LogP contribution in [0, 0.1) is 5.92 Å². The highest BCUT2D eigenvalue weighted by Crippen LogP contribution is 2.40. The summed E-state index contributed by atoms with van der Waals surface area (Å²) in [6.45, 7) is 14.7. The van der Waals surface area contributed by atoms with Crippen molar-refractivity contribution >= 4 is 14.3 Å². The van der Waals surface area contributed by atoms with Crippen LogP contribution < -0.4 is 0 Å². The fraction of sp³-hybridized carbons (Fsp3) is 0.800. The fourth-order valence-electron chi connectivity index (χ4n) is 2.27. The van der Waals surface area contributed by atoms with Crippen molar-refractivity contribution in [2.24, 2.45) is 5.92 Å². The summed E-state index contributed by atoms with van der Waals surface area (Å²) in [4.78, 5) is 11.6. The maximum absolute atomic E-state index is 11.6. The molecule has 110 valence electrons. The Labute approximate surface area is 118 Å². The van der Waals surface area contributed by atoms with Gasteiger partial charge in [0.15, 0.2) is 8.32 Å². The summed E-state index contributed by atoms with van der Waals surface area (Å²) in [5.41, 5.74) is 1.05. The Hall–Kier alpha value is -0.613. The Balaban J connectivity index is 2.90. The first-order valence-corrected chi connectivity index (χ1v) is 10.1. The molecule has 0 aromatic rings. The molecular formula is C15H28O3Si. The Morgan fingerprint density at radius 2 is 2.00 bits per heavy atom. The van der Waals surface area contributed by atoms with E-state index in [1.54, 1.807) is 0 Å². The van der Waals surface area contributed by atoms with Crippen molar-refractivity contribution in [3.8, 4) is 0 Å². The van der Waals surface area contributed by atoms with Crippen LogP contribution in [0.2, 0.25) is 18.1 Å². The highest BCUT2D eigenvalue weighted by atomic mass is 28.4. The van der Waals surface area contributed by atoms with Crippen LogP contribution in [0.4, 0.5) is 0 Å². The summed E-state index contributed by atoms with van der Waals surface area (Å²) in [6, 6.07) is 0. The van der Waals surface area contributed by atoms with Crippen LogP contribution in [0.25, 0.3) is 0 Å². The minimum absolute atomic E-state index is 0.0135. The van der Waals surface area contributed by atoms with Crippen LogP contribution in [-0.4, -0.2) is 25.5 Å². The normalized spacial score (nSPS) is 23.2. The van der Waals surface area contributed by atoms with Crippen molar-refractivity contribution in [1.82, 2.24) is 0 Å². The summed E-state index contributed by atoms with van der Waals surface area (Å²) in [5, 5.41) is 9.55. The topological polar surface area (TPSA) is 46.5 Å². The molecule has 2 atom stereocenters. The third-order valence-electron chi connectivity index (χ3n) is 4.62. The molecular weight excluding hydrogens is 256 g/mol. The van der Waals surface area contributed by atoms with Gasteiger partial charge < -0.3 is 9.53 Å². The molecule has 1 aliphatic rings. The molecule has 0 saturated heterocycles. The quantitative estimate of drug-likeness (QED) is 0.621. The van der Waals surface area contributed by atoms with Gasteiger partial charge in [0.1, 0.15) is 6.10 Å². The number of rotatable bonds is 4. The third-order valence-corrected chi connectivity index (χ3v) is 9.08. The molecule has 0 amide bonds. The molecule has 4 heteroatoms. The predicted molar refractivity (Wildman–Crippen MR) is 80.8 cm³/mol. The summed E-state index contributed by atoms with van der Waals surface area (Å²) in [5.74, 6) is -0.849. The van der Waals surface area contributed by atoms with Crippen LogP contribution in [0.5, 0.6) is 0 Å². The lowest BCUT2D eigenvalue weighted by molar-refractivity contribution is -0.148. The van der Waals surface area contributed by atoms with Gasteiger partial charge in [-0.25, -0.2) is 4.79 Å². The van der Waals surface area contributed by atoms with Gasteiger partial charge in [0.2, 0.25) is 0 Å². The molecule has 0 radical (unpaired) electrons. The lowest BCUT2D eigenvalue weighted by Crippen LogP contribution is -2.49. The average Bonchev–Trinajstić information content (AvgIpc) is 2.25. The lowest BCUT2D eigenvalue weighted by atomic mass is 9.82. The maximum atomic E-state index is 11.6. The first-order valence-electron chi connectivity index (χ1n) is 7.14. The second kappa shape index (κ2) is 5.79. The van der Waals surface area contributed by atoms with E-state index in [-0.39, 0.29) is 11.0 Å². The van der Waals surface area contributed by atoms with Crippen molar-refractivity contribution < 1.29 is 14.3 Å². The third kappa shape index (κ3) is 3.92. The molecule has 0 aromatic carbocycles. The molecule has 0 aromatic heterocycles. The predicted octanol–water partition coefficient (Wildman–Crippen LogP) is 4.21. The number of aliphatic carboxylic acids is 1. The highest BCUT2D eigenvalue weighted by molar-refractivity contribution is 6.74. The minimum atomic E-state index is -2.07. The van der Waals surface area contributed by atoms with Crippen molar-refractivity contribution in [2.45, 2.75) is 70.7 Å². The van der Waals surface area contributed by atoms with Crippen LogP contribution in [0.3, 0.4) is 0 Å². The first-order chi connectivity index (χ1) is 8.56. The van der Waals surface area contributed by atoms with E-state index in [9.17, 15) is 9.90 Å². The molecule has 0 heterocycles. The molecule has 1 N–H and O–H groups in total. The van der Waals surface area contributed by atoms with E-state index in [4.69, 9.17) is 4.43 Å². The summed E-state index contributed by atoms with van der Waals surface area (Å²) >= 11 is 0. The van der Waals surface area contributed by atoms with Crippen molar-refractivity contribution in [1.29, 1.82) is 0 Å². The van der Waals surface area contributed by atoms with Gasteiger partial charge in [0, 0.05) is 5.92 Å². The number of hydrogen-bond donors (Lipinski definition) is 1. The molecule has 0 bridgehead atoms. The lowest BCUT2D eigenvalue weighted by Gasteiger charge is -2.41. The van der Waals surface area contributed by atoms with Crippen molar-refractivity contribution in [3.05, 3.63) is 12.2 Å². The molecule has 2 unspecified atom stereocenters. The number of carboxylic acid groups (broad SMARTS) is 1. The SMILES string of the molecule is C=C1CCCCC1C(O[Si](C)(C)C(C)(C)C)C(=O)O. The van der Waals surface area contributed by atoms with Crippen LogP contribution in [0.15, 0.2) is 12.2 Å². The minimum Gasteiger partial charge on any atom is -0.479 e. The maximum Gasteiger partial charge on any atom is 0.332 e. The van der Waals surface area contributed by atoms with Gasteiger partial charge in [-0.05, 0) is 37.4 Å². The van der Waals surface area contributed by atoms with Crippen LogP contribution >= 0.6 is 0 Å². The second-order valence-electron chi connectivity index (χ2n) is 7.15. The van der Waals surface area contributed by atoms with E-state index in [1.165, 1.54) is 0 Å². The van der Waals surface area contributed by atoms with E-state index in [0.717, 1.165) is 31.3 Å². The Morgan fingerprint density at radius 1 is 1.42 bits per heavy atom. The zero-order chi connectivity index (χ0) is 14.8. The van der Waals surface area contributed by atoms with Crippen LogP contribution in [-0.2, 0) is 9.22 Å². The first kappa shape index (κ1) is 16.4.